The Morgan fingerprint density at radius 1 is 1.33 bits per heavy atom. The Balaban J connectivity index is 2.29. The molecule has 4 heteroatoms. The van der Waals surface area contributed by atoms with Gasteiger partial charge in [0.1, 0.15) is 0 Å². The van der Waals surface area contributed by atoms with Crippen molar-refractivity contribution in [2.24, 2.45) is 0 Å². The van der Waals surface area contributed by atoms with Gasteiger partial charge in [-0.15, -0.1) is 0 Å². The van der Waals surface area contributed by atoms with Gasteiger partial charge < -0.3 is 10.6 Å². The van der Waals surface area contributed by atoms with Gasteiger partial charge in [0.15, 0.2) is 0 Å². The fourth-order valence-electron chi connectivity index (χ4n) is 2.67. The average Bonchev–Trinajstić information content (AvgIpc) is 2.28. The van der Waals surface area contributed by atoms with Crippen LogP contribution in [0.25, 0.3) is 0 Å². The van der Waals surface area contributed by atoms with E-state index < -0.39 is 0 Å². The number of halogens is 1. The molecule has 98 valence electrons. The van der Waals surface area contributed by atoms with Gasteiger partial charge in [0.05, 0.1) is 10.6 Å². The van der Waals surface area contributed by atoms with E-state index in [0.29, 0.717) is 16.3 Å². The minimum Gasteiger partial charge on any atom is -0.399 e. The van der Waals surface area contributed by atoms with Gasteiger partial charge in [0.25, 0.3) is 5.91 Å². The SMILES string of the molecule is C[C@@H]1CCC[C@@H](C)N1C(=O)c1ccc(N)cc1Cl. The molecule has 0 unspecified atom stereocenters. The minimum absolute atomic E-state index is 0.0136. The molecule has 2 rings (SSSR count). The number of piperidine rings is 1. The number of hydrogen-bond acceptors (Lipinski definition) is 2. The Hall–Kier alpha value is -1.22. The molecule has 1 heterocycles. The van der Waals surface area contributed by atoms with Crippen molar-refractivity contribution in [3.63, 3.8) is 0 Å². The Morgan fingerprint density at radius 2 is 1.94 bits per heavy atom. The minimum atomic E-state index is 0.0136. The molecule has 1 amide bonds. The first kappa shape index (κ1) is 13.2. The van der Waals surface area contributed by atoms with Crippen LogP contribution in [0.1, 0.15) is 43.5 Å². The highest BCUT2D eigenvalue weighted by atomic mass is 35.5. The predicted octanol–water partition coefficient (Wildman–Crippen LogP) is 3.33. The number of nitrogens with zero attached hydrogens (tertiary/aromatic N) is 1. The zero-order valence-corrected chi connectivity index (χ0v) is 11.6. The fourth-order valence-corrected chi connectivity index (χ4v) is 2.94. The molecule has 1 fully saturated rings. The van der Waals surface area contributed by atoms with Crippen LogP contribution in [0.3, 0.4) is 0 Å². The number of anilines is 1. The van der Waals surface area contributed by atoms with Crippen LogP contribution in [-0.4, -0.2) is 22.9 Å². The summed E-state index contributed by atoms with van der Waals surface area (Å²) < 4.78 is 0. The second kappa shape index (κ2) is 5.19. The van der Waals surface area contributed by atoms with Crippen molar-refractivity contribution in [2.45, 2.75) is 45.2 Å². The largest absolute Gasteiger partial charge is 0.399 e. The lowest BCUT2D eigenvalue weighted by Gasteiger charge is -2.39. The summed E-state index contributed by atoms with van der Waals surface area (Å²) in [6, 6.07) is 5.62. The van der Waals surface area contributed by atoms with Crippen LogP contribution >= 0.6 is 11.6 Å². The number of hydrogen-bond donors (Lipinski definition) is 1. The lowest BCUT2D eigenvalue weighted by atomic mass is 9.96. The van der Waals surface area contributed by atoms with Crippen LogP contribution in [0.2, 0.25) is 5.02 Å². The molecule has 0 aliphatic carbocycles. The lowest BCUT2D eigenvalue weighted by Crippen LogP contribution is -2.47. The lowest BCUT2D eigenvalue weighted by molar-refractivity contribution is 0.0511. The van der Waals surface area contributed by atoms with Crippen LogP contribution in [0.15, 0.2) is 18.2 Å². The smallest absolute Gasteiger partial charge is 0.255 e. The van der Waals surface area contributed by atoms with Gasteiger partial charge in [-0.1, -0.05) is 11.6 Å². The van der Waals surface area contributed by atoms with Gasteiger partial charge in [-0.3, -0.25) is 4.79 Å². The standard InChI is InChI=1S/C14H19ClN2O/c1-9-4-3-5-10(2)17(9)14(18)12-7-6-11(16)8-13(12)15/h6-10H,3-5,16H2,1-2H3/t9-,10-/m1/s1. The highest BCUT2D eigenvalue weighted by molar-refractivity contribution is 6.34. The van der Waals surface area contributed by atoms with Gasteiger partial charge in [-0.25, -0.2) is 0 Å². The monoisotopic (exact) mass is 266 g/mol. The molecule has 3 nitrogen and oxygen atoms in total. The molecule has 1 saturated heterocycles. The van der Waals surface area contributed by atoms with Crippen molar-refractivity contribution in [3.8, 4) is 0 Å². The van der Waals surface area contributed by atoms with Crippen molar-refractivity contribution >= 4 is 23.2 Å². The van der Waals surface area contributed by atoms with Crippen molar-refractivity contribution in [1.29, 1.82) is 0 Å². The quantitative estimate of drug-likeness (QED) is 0.793. The molecule has 18 heavy (non-hydrogen) atoms. The van der Waals surface area contributed by atoms with Gasteiger partial charge >= 0.3 is 0 Å². The maximum atomic E-state index is 12.6. The fraction of sp³-hybridized carbons (Fsp3) is 0.500. The van der Waals surface area contributed by atoms with Crippen LogP contribution in [0.5, 0.6) is 0 Å². The molecule has 2 N–H and O–H groups in total. The summed E-state index contributed by atoms with van der Waals surface area (Å²) in [7, 11) is 0. The molecular formula is C14H19ClN2O. The Bertz CT molecular complexity index is 451. The summed E-state index contributed by atoms with van der Waals surface area (Å²) in [5, 5.41) is 0.435. The van der Waals surface area contributed by atoms with Crippen LogP contribution in [0, 0.1) is 0 Å². The number of likely N-dealkylation sites (tertiary alicyclic amines) is 1. The number of benzene rings is 1. The molecule has 2 atom stereocenters. The van der Waals surface area contributed by atoms with Crippen LogP contribution in [-0.2, 0) is 0 Å². The third kappa shape index (κ3) is 2.46. The highest BCUT2D eigenvalue weighted by Crippen LogP contribution is 2.27. The van der Waals surface area contributed by atoms with Crippen molar-refractivity contribution in [3.05, 3.63) is 28.8 Å². The van der Waals surface area contributed by atoms with Gasteiger partial charge in [-0.2, -0.15) is 0 Å². The second-order valence-corrected chi connectivity index (χ2v) is 5.49. The number of rotatable bonds is 1. The molecule has 1 aromatic carbocycles. The number of carbonyl (C=O) groups excluding carboxylic acids is 1. The maximum Gasteiger partial charge on any atom is 0.255 e. The first-order valence-corrected chi connectivity index (χ1v) is 6.76. The van der Waals surface area contributed by atoms with Gasteiger partial charge in [-0.05, 0) is 51.3 Å². The van der Waals surface area contributed by atoms with Gasteiger partial charge in [0, 0.05) is 17.8 Å². The average molecular weight is 267 g/mol. The van der Waals surface area contributed by atoms with Crippen molar-refractivity contribution in [2.75, 3.05) is 5.73 Å². The summed E-state index contributed by atoms with van der Waals surface area (Å²) in [5.41, 5.74) is 6.78. The number of amides is 1. The Kier molecular flexibility index (Phi) is 3.81. The molecular weight excluding hydrogens is 248 g/mol. The molecule has 0 spiro atoms. The van der Waals surface area contributed by atoms with E-state index in [-0.39, 0.29) is 18.0 Å². The summed E-state index contributed by atoms with van der Waals surface area (Å²) in [6.45, 7) is 4.19. The van der Waals surface area contributed by atoms with Gasteiger partial charge in [0.2, 0.25) is 0 Å². The normalized spacial score (nSPS) is 24.1. The van der Waals surface area contributed by atoms with E-state index in [1.54, 1.807) is 18.2 Å². The molecule has 1 aliphatic rings. The van der Waals surface area contributed by atoms with E-state index in [0.717, 1.165) is 12.8 Å². The Morgan fingerprint density at radius 3 is 2.50 bits per heavy atom. The molecule has 1 aromatic rings. The topological polar surface area (TPSA) is 46.3 Å². The van der Waals surface area contributed by atoms with E-state index in [4.69, 9.17) is 17.3 Å². The summed E-state index contributed by atoms with van der Waals surface area (Å²) >= 11 is 6.11. The molecule has 1 aliphatic heterocycles. The zero-order valence-electron chi connectivity index (χ0n) is 10.8. The van der Waals surface area contributed by atoms with Crippen LogP contribution < -0.4 is 5.73 Å². The molecule has 0 saturated carbocycles. The first-order chi connectivity index (χ1) is 8.50. The number of nitrogens with two attached hydrogens (primary N) is 1. The highest BCUT2D eigenvalue weighted by Gasteiger charge is 2.30. The summed E-state index contributed by atoms with van der Waals surface area (Å²) in [4.78, 5) is 14.5. The van der Waals surface area contributed by atoms with E-state index in [1.165, 1.54) is 6.42 Å². The van der Waals surface area contributed by atoms with E-state index >= 15 is 0 Å². The van der Waals surface area contributed by atoms with Crippen molar-refractivity contribution < 1.29 is 4.79 Å². The van der Waals surface area contributed by atoms with E-state index in [2.05, 4.69) is 13.8 Å². The Labute approximate surface area is 113 Å². The first-order valence-electron chi connectivity index (χ1n) is 6.38. The summed E-state index contributed by atoms with van der Waals surface area (Å²) in [5.74, 6) is 0.0136. The number of carbonyl (C=O) groups is 1. The zero-order chi connectivity index (χ0) is 13.3. The van der Waals surface area contributed by atoms with Crippen molar-refractivity contribution in [1.82, 2.24) is 4.90 Å². The van der Waals surface area contributed by atoms with E-state index in [9.17, 15) is 4.79 Å². The van der Waals surface area contributed by atoms with Crippen LogP contribution in [0.4, 0.5) is 5.69 Å². The third-order valence-electron chi connectivity index (χ3n) is 3.65. The molecule has 0 aromatic heterocycles. The maximum absolute atomic E-state index is 12.6. The predicted molar refractivity (Wildman–Crippen MR) is 74.8 cm³/mol. The second-order valence-electron chi connectivity index (χ2n) is 5.08. The molecule has 0 bridgehead atoms. The summed E-state index contributed by atoms with van der Waals surface area (Å²) in [6.07, 6.45) is 3.30. The molecule has 0 radical (unpaired) electrons. The third-order valence-corrected chi connectivity index (χ3v) is 3.96. The van der Waals surface area contributed by atoms with E-state index in [1.807, 2.05) is 4.90 Å². The number of nitrogen functional groups attached to an aromatic ring is 1.